The summed E-state index contributed by atoms with van der Waals surface area (Å²) in [6.07, 6.45) is 0.989. The third-order valence-corrected chi connectivity index (χ3v) is 2.75. The van der Waals surface area contributed by atoms with Crippen LogP contribution in [0, 0.1) is 5.92 Å². The Labute approximate surface area is 116 Å². The van der Waals surface area contributed by atoms with E-state index in [1.54, 1.807) is 7.11 Å². The predicted molar refractivity (Wildman–Crippen MR) is 80.6 cm³/mol. The summed E-state index contributed by atoms with van der Waals surface area (Å²) in [5, 5.41) is 3.09. The minimum absolute atomic E-state index is 0.320. The molecule has 1 atom stereocenters. The number of rotatable bonds is 6. The Hall–Kier alpha value is -1.71. The molecule has 0 saturated carbocycles. The number of hydrogen-bond acceptors (Lipinski definition) is 2. The number of nitrogens with zero attached hydrogens (tertiary/aromatic N) is 1. The molecular formula is C15H25N3O. The minimum Gasteiger partial charge on any atom is -0.497 e. The quantitative estimate of drug-likeness (QED) is 0.611. The van der Waals surface area contributed by atoms with Crippen LogP contribution >= 0.6 is 0 Å². The van der Waals surface area contributed by atoms with Gasteiger partial charge in [0.05, 0.1) is 7.11 Å². The van der Waals surface area contributed by atoms with Crippen molar-refractivity contribution in [2.45, 2.75) is 33.2 Å². The average molecular weight is 263 g/mol. The Balaban J connectivity index is 2.43. The SMILES string of the molecule is COc1ccc(CC(C)CN=C(N)NC(C)C)cc1. The van der Waals surface area contributed by atoms with Gasteiger partial charge in [-0.25, -0.2) is 0 Å². The van der Waals surface area contributed by atoms with Crippen molar-refractivity contribution >= 4 is 5.96 Å². The van der Waals surface area contributed by atoms with Crippen LogP contribution in [-0.4, -0.2) is 25.7 Å². The molecule has 3 N–H and O–H groups in total. The minimum atomic E-state index is 0.320. The van der Waals surface area contributed by atoms with E-state index in [-0.39, 0.29) is 0 Å². The summed E-state index contributed by atoms with van der Waals surface area (Å²) in [6.45, 7) is 7.00. The fourth-order valence-corrected chi connectivity index (χ4v) is 1.82. The maximum absolute atomic E-state index is 5.78. The summed E-state index contributed by atoms with van der Waals surface area (Å²) >= 11 is 0. The van der Waals surface area contributed by atoms with E-state index in [0.29, 0.717) is 17.9 Å². The molecule has 1 unspecified atom stereocenters. The van der Waals surface area contributed by atoms with Crippen LogP contribution in [0.5, 0.6) is 5.75 Å². The van der Waals surface area contributed by atoms with Gasteiger partial charge in [0.2, 0.25) is 0 Å². The monoisotopic (exact) mass is 263 g/mol. The Kier molecular flexibility index (Phi) is 6.19. The third-order valence-electron chi connectivity index (χ3n) is 2.75. The highest BCUT2D eigenvalue weighted by Gasteiger charge is 2.04. The third kappa shape index (κ3) is 6.13. The Morgan fingerprint density at radius 2 is 1.89 bits per heavy atom. The number of hydrogen-bond donors (Lipinski definition) is 2. The molecule has 106 valence electrons. The van der Waals surface area contributed by atoms with Crippen LogP contribution in [0.2, 0.25) is 0 Å². The maximum atomic E-state index is 5.78. The van der Waals surface area contributed by atoms with Gasteiger partial charge in [0.1, 0.15) is 5.75 Å². The Morgan fingerprint density at radius 1 is 1.26 bits per heavy atom. The highest BCUT2D eigenvalue weighted by molar-refractivity contribution is 5.78. The van der Waals surface area contributed by atoms with Gasteiger partial charge in [0, 0.05) is 12.6 Å². The van der Waals surface area contributed by atoms with Crippen LogP contribution in [0.4, 0.5) is 0 Å². The van der Waals surface area contributed by atoms with Crippen molar-refractivity contribution < 1.29 is 4.74 Å². The number of ether oxygens (including phenoxy) is 1. The number of nitrogens with two attached hydrogens (primary N) is 1. The first kappa shape index (κ1) is 15.3. The molecular weight excluding hydrogens is 238 g/mol. The van der Waals surface area contributed by atoms with Crippen molar-refractivity contribution in [2.24, 2.45) is 16.6 Å². The van der Waals surface area contributed by atoms with E-state index in [9.17, 15) is 0 Å². The van der Waals surface area contributed by atoms with E-state index in [2.05, 4.69) is 29.4 Å². The molecule has 19 heavy (non-hydrogen) atoms. The van der Waals surface area contributed by atoms with Gasteiger partial charge in [-0.2, -0.15) is 0 Å². The lowest BCUT2D eigenvalue weighted by Crippen LogP contribution is -2.37. The van der Waals surface area contributed by atoms with Crippen molar-refractivity contribution in [3.05, 3.63) is 29.8 Å². The second-order valence-corrected chi connectivity index (χ2v) is 5.18. The molecule has 0 fully saturated rings. The second kappa shape index (κ2) is 7.67. The second-order valence-electron chi connectivity index (χ2n) is 5.18. The van der Waals surface area contributed by atoms with Gasteiger partial charge in [-0.15, -0.1) is 0 Å². The van der Waals surface area contributed by atoms with E-state index in [4.69, 9.17) is 10.5 Å². The van der Waals surface area contributed by atoms with E-state index in [1.807, 2.05) is 26.0 Å². The summed E-state index contributed by atoms with van der Waals surface area (Å²) < 4.78 is 5.14. The summed E-state index contributed by atoms with van der Waals surface area (Å²) in [6, 6.07) is 8.48. The first-order chi connectivity index (χ1) is 9.01. The number of benzene rings is 1. The van der Waals surface area contributed by atoms with Gasteiger partial charge in [-0.05, 0) is 43.9 Å². The smallest absolute Gasteiger partial charge is 0.188 e. The normalized spacial score (nSPS) is 13.4. The van der Waals surface area contributed by atoms with Gasteiger partial charge in [0.25, 0.3) is 0 Å². The van der Waals surface area contributed by atoms with Crippen molar-refractivity contribution in [3.8, 4) is 5.75 Å². The lowest BCUT2D eigenvalue weighted by atomic mass is 10.0. The molecule has 0 aromatic heterocycles. The first-order valence-electron chi connectivity index (χ1n) is 6.70. The van der Waals surface area contributed by atoms with Gasteiger partial charge in [-0.1, -0.05) is 19.1 Å². The topological polar surface area (TPSA) is 59.6 Å². The highest BCUT2D eigenvalue weighted by Crippen LogP contribution is 2.14. The molecule has 0 aliphatic rings. The zero-order valence-corrected chi connectivity index (χ0v) is 12.3. The lowest BCUT2D eigenvalue weighted by molar-refractivity contribution is 0.414. The molecule has 1 rings (SSSR count). The molecule has 0 saturated heterocycles. The number of aliphatic imine (C=N–C) groups is 1. The molecule has 0 heterocycles. The molecule has 4 heteroatoms. The van der Waals surface area contributed by atoms with E-state index < -0.39 is 0 Å². The maximum Gasteiger partial charge on any atom is 0.188 e. The Bertz CT molecular complexity index is 398. The van der Waals surface area contributed by atoms with Crippen molar-refractivity contribution in [2.75, 3.05) is 13.7 Å². The molecule has 0 amide bonds. The van der Waals surface area contributed by atoms with Crippen LogP contribution < -0.4 is 15.8 Å². The fraction of sp³-hybridized carbons (Fsp3) is 0.533. The molecule has 1 aromatic carbocycles. The van der Waals surface area contributed by atoms with Crippen LogP contribution in [0.3, 0.4) is 0 Å². The summed E-state index contributed by atoms with van der Waals surface area (Å²) in [4.78, 5) is 4.35. The van der Waals surface area contributed by atoms with Gasteiger partial charge in [0.15, 0.2) is 5.96 Å². The van der Waals surface area contributed by atoms with Crippen LogP contribution in [-0.2, 0) is 6.42 Å². The van der Waals surface area contributed by atoms with E-state index in [0.717, 1.165) is 18.7 Å². The molecule has 0 bridgehead atoms. The zero-order chi connectivity index (χ0) is 14.3. The largest absolute Gasteiger partial charge is 0.497 e. The Morgan fingerprint density at radius 3 is 2.42 bits per heavy atom. The average Bonchev–Trinajstić information content (AvgIpc) is 2.36. The summed E-state index contributed by atoms with van der Waals surface area (Å²) in [7, 11) is 1.68. The molecule has 0 radical (unpaired) electrons. The molecule has 0 spiro atoms. The van der Waals surface area contributed by atoms with E-state index >= 15 is 0 Å². The van der Waals surface area contributed by atoms with Crippen LogP contribution in [0.15, 0.2) is 29.3 Å². The summed E-state index contributed by atoms with van der Waals surface area (Å²) in [5.41, 5.74) is 7.07. The van der Waals surface area contributed by atoms with E-state index in [1.165, 1.54) is 5.56 Å². The zero-order valence-electron chi connectivity index (χ0n) is 12.3. The number of guanidine groups is 1. The van der Waals surface area contributed by atoms with Crippen LogP contribution in [0.1, 0.15) is 26.3 Å². The van der Waals surface area contributed by atoms with Crippen molar-refractivity contribution in [1.82, 2.24) is 5.32 Å². The highest BCUT2D eigenvalue weighted by atomic mass is 16.5. The summed E-state index contributed by atoms with van der Waals surface area (Å²) in [5.74, 6) is 1.87. The molecule has 1 aromatic rings. The van der Waals surface area contributed by atoms with Crippen molar-refractivity contribution in [3.63, 3.8) is 0 Å². The lowest BCUT2D eigenvalue weighted by Gasteiger charge is -2.12. The predicted octanol–water partition coefficient (Wildman–Crippen LogP) is 2.19. The fourth-order valence-electron chi connectivity index (χ4n) is 1.82. The van der Waals surface area contributed by atoms with Gasteiger partial charge >= 0.3 is 0 Å². The van der Waals surface area contributed by atoms with Crippen LogP contribution in [0.25, 0.3) is 0 Å². The standard InChI is InChI=1S/C15H25N3O/c1-11(2)18-15(16)17-10-12(3)9-13-5-7-14(19-4)8-6-13/h5-8,11-12H,9-10H2,1-4H3,(H3,16,17,18). The molecule has 4 nitrogen and oxygen atoms in total. The number of methoxy groups -OCH3 is 1. The van der Waals surface area contributed by atoms with Crippen molar-refractivity contribution in [1.29, 1.82) is 0 Å². The van der Waals surface area contributed by atoms with Gasteiger partial charge in [-0.3, -0.25) is 4.99 Å². The first-order valence-corrected chi connectivity index (χ1v) is 6.70. The molecule has 0 aliphatic carbocycles. The number of nitrogens with one attached hydrogen (secondary N) is 1. The molecule has 0 aliphatic heterocycles. The van der Waals surface area contributed by atoms with Gasteiger partial charge < -0.3 is 15.8 Å².